The predicted octanol–water partition coefficient (Wildman–Crippen LogP) is 3.81. The standard InChI is InChI=1S/C19H20Cl2N2O2/c20-15-10-14(11-16(21)13-15)12-18(19(24)25)23-8-6-22(7-9-23)17-4-2-1-3-5-17/h1-5,10-11,13,18H,6-9,12H2,(H,24,25)/t18-/m1/s1. The molecule has 0 saturated carbocycles. The van der Waals surface area contributed by atoms with Gasteiger partial charge < -0.3 is 10.0 Å². The first-order valence-corrected chi connectivity index (χ1v) is 9.00. The van der Waals surface area contributed by atoms with Gasteiger partial charge in [0.2, 0.25) is 0 Å². The first-order chi connectivity index (χ1) is 12.0. The summed E-state index contributed by atoms with van der Waals surface area (Å²) < 4.78 is 0. The average molecular weight is 379 g/mol. The Labute approximate surface area is 157 Å². The minimum atomic E-state index is -0.816. The van der Waals surface area contributed by atoms with Gasteiger partial charge in [0.1, 0.15) is 6.04 Å². The molecule has 0 bridgehead atoms. The second kappa shape index (κ2) is 8.09. The second-order valence-electron chi connectivity index (χ2n) is 6.19. The predicted molar refractivity (Wildman–Crippen MR) is 102 cm³/mol. The van der Waals surface area contributed by atoms with Gasteiger partial charge in [-0.05, 0) is 42.3 Å². The Morgan fingerprint density at radius 2 is 1.60 bits per heavy atom. The van der Waals surface area contributed by atoms with Crippen molar-refractivity contribution < 1.29 is 9.90 Å². The number of aliphatic carboxylic acids is 1. The Balaban J connectivity index is 1.67. The Morgan fingerprint density at radius 3 is 2.16 bits per heavy atom. The van der Waals surface area contributed by atoms with E-state index in [4.69, 9.17) is 23.2 Å². The third kappa shape index (κ3) is 4.66. The lowest BCUT2D eigenvalue weighted by atomic mass is 10.0. The van der Waals surface area contributed by atoms with Crippen LogP contribution in [-0.2, 0) is 11.2 Å². The highest BCUT2D eigenvalue weighted by atomic mass is 35.5. The van der Waals surface area contributed by atoms with E-state index in [0.717, 1.165) is 18.7 Å². The molecule has 1 saturated heterocycles. The molecule has 1 atom stereocenters. The lowest BCUT2D eigenvalue weighted by Crippen LogP contribution is -2.53. The highest BCUT2D eigenvalue weighted by Crippen LogP contribution is 2.22. The van der Waals surface area contributed by atoms with Crippen LogP contribution in [-0.4, -0.2) is 48.2 Å². The maximum atomic E-state index is 11.8. The number of carboxylic acid groups (broad SMARTS) is 1. The van der Waals surface area contributed by atoms with Gasteiger partial charge in [0.25, 0.3) is 0 Å². The Morgan fingerprint density at radius 1 is 1.00 bits per heavy atom. The average Bonchev–Trinajstić information content (AvgIpc) is 2.60. The summed E-state index contributed by atoms with van der Waals surface area (Å²) in [5, 5.41) is 10.7. The molecule has 1 N–H and O–H groups in total. The van der Waals surface area contributed by atoms with Crippen LogP contribution in [0.15, 0.2) is 48.5 Å². The number of hydrogen-bond acceptors (Lipinski definition) is 3. The van der Waals surface area contributed by atoms with Crippen LogP contribution >= 0.6 is 23.2 Å². The molecule has 1 fully saturated rings. The molecule has 6 heteroatoms. The van der Waals surface area contributed by atoms with Crippen molar-refractivity contribution in [2.24, 2.45) is 0 Å². The van der Waals surface area contributed by atoms with Crippen molar-refractivity contribution in [1.82, 2.24) is 4.90 Å². The number of rotatable bonds is 5. The summed E-state index contributed by atoms with van der Waals surface area (Å²) in [5.74, 6) is -0.816. The zero-order chi connectivity index (χ0) is 17.8. The number of para-hydroxylation sites is 1. The van der Waals surface area contributed by atoms with Gasteiger partial charge >= 0.3 is 5.97 Å². The molecule has 0 unspecified atom stereocenters. The molecular formula is C19H20Cl2N2O2. The fourth-order valence-corrected chi connectivity index (χ4v) is 3.83. The van der Waals surface area contributed by atoms with E-state index in [-0.39, 0.29) is 0 Å². The molecule has 25 heavy (non-hydrogen) atoms. The molecule has 0 amide bonds. The molecule has 1 aliphatic rings. The smallest absolute Gasteiger partial charge is 0.321 e. The minimum Gasteiger partial charge on any atom is -0.480 e. The normalized spacial score (nSPS) is 16.6. The number of piperazine rings is 1. The van der Waals surface area contributed by atoms with Crippen molar-refractivity contribution >= 4 is 34.9 Å². The van der Waals surface area contributed by atoms with E-state index in [1.165, 1.54) is 5.69 Å². The van der Waals surface area contributed by atoms with Crippen molar-refractivity contribution in [3.8, 4) is 0 Å². The van der Waals surface area contributed by atoms with Gasteiger partial charge in [-0.1, -0.05) is 41.4 Å². The fourth-order valence-electron chi connectivity index (χ4n) is 3.26. The summed E-state index contributed by atoms with van der Waals surface area (Å²) in [5.41, 5.74) is 2.02. The van der Waals surface area contributed by atoms with Crippen molar-refractivity contribution in [2.45, 2.75) is 12.5 Å². The van der Waals surface area contributed by atoms with Crippen molar-refractivity contribution in [3.63, 3.8) is 0 Å². The van der Waals surface area contributed by atoms with Gasteiger partial charge in [0.15, 0.2) is 0 Å². The van der Waals surface area contributed by atoms with Gasteiger partial charge in [-0.25, -0.2) is 0 Å². The zero-order valence-electron chi connectivity index (χ0n) is 13.7. The maximum Gasteiger partial charge on any atom is 0.321 e. The molecular weight excluding hydrogens is 359 g/mol. The van der Waals surface area contributed by atoms with Gasteiger partial charge in [-0.3, -0.25) is 9.69 Å². The van der Waals surface area contributed by atoms with E-state index < -0.39 is 12.0 Å². The van der Waals surface area contributed by atoms with Crippen molar-refractivity contribution in [2.75, 3.05) is 31.1 Å². The van der Waals surface area contributed by atoms with E-state index in [1.807, 2.05) is 23.1 Å². The first-order valence-electron chi connectivity index (χ1n) is 8.25. The number of anilines is 1. The Hall–Kier alpha value is -1.75. The Bertz CT molecular complexity index is 711. The van der Waals surface area contributed by atoms with Crippen LogP contribution in [0.2, 0.25) is 10.0 Å². The van der Waals surface area contributed by atoms with Gasteiger partial charge in [-0.15, -0.1) is 0 Å². The molecule has 0 radical (unpaired) electrons. The van der Waals surface area contributed by atoms with E-state index >= 15 is 0 Å². The third-order valence-corrected chi connectivity index (χ3v) is 4.95. The van der Waals surface area contributed by atoms with E-state index in [1.54, 1.807) is 18.2 Å². The number of hydrogen-bond donors (Lipinski definition) is 1. The van der Waals surface area contributed by atoms with Crippen LogP contribution in [0.4, 0.5) is 5.69 Å². The van der Waals surface area contributed by atoms with Crippen LogP contribution in [0.3, 0.4) is 0 Å². The number of carboxylic acids is 1. The zero-order valence-corrected chi connectivity index (χ0v) is 15.2. The minimum absolute atomic E-state index is 0.390. The first kappa shape index (κ1) is 18.1. The molecule has 132 valence electrons. The molecule has 1 heterocycles. The summed E-state index contributed by atoms with van der Waals surface area (Å²) in [7, 11) is 0. The summed E-state index contributed by atoms with van der Waals surface area (Å²) in [6, 6.07) is 14.8. The summed E-state index contributed by atoms with van der Waals surface area (Å²) in [6.07, 6.45) is 0.390. The van der Waals surface area contributed by atoms with Gasteiger partial charge in [0, 0.05) is 41.9 Å². The molecule has 1 aliphatic heterocycles. The van der Waals surface area contributed by atoms with Crippen LogP contribution in [0.5, 0.6) is 0 Å². The van der Waals surface area contributed by atoms with Crippen LogP contribution in [0.25, 0.3) is 0 Å². The monoisotopic (exact) mass is 378 g/mol. The highest BCUT2D eigenvalue weighted by Gasteiger charge is 2.29. The van der Waals surface area contributed by atoms with E-state index in [2.05, 4.69) is 17.0 Å². The second-order valence-corrected chi connectivity index (χ2v) is 7.07. The number of carbonyl (C=O) groups is 1. The molecule has 0 aliphatic carbocycles. The SMILES string of the molecule is O=C(O)[C@@H](Cc1cc(Cl)cc(Cl)c1)N1CCN(c2ccccc2)CC1. The molecule has 4 nitrogen and oxygen atoms in total. The van der Waals surface area contributed by atoms with Crippen LogP contribution in [0.1, 0.15) is 5.56 Å². The van der Waals surface area contributed by atoms with E-state index in [9.17, 15) is 9.90 Å². The topological polar surface area (TPSA) is 43.8 Å². The fraction of sp³-hybridized carbons (Fsp3) is 0.316. The Kier molecular flexibility index (Phi) is 5.84. The number of halogens is 2. The number of benzene rings is 2. The van der Waals surface area contributed by atoms with Crippen molar-refractivity contribution in [1.29, 1.82) is 0 Å². The third-order valence-electron chi connectivity index (χ3n) is 4.51. The quantitative estimate of drug-likeness (QED) is 0.858. The lowest BCUT2D eigenvalue weighted by Gasteiger charge is -2.38. The van der Waals surface area contributed by atoms with Crippen LogP contribution < -0.4 is 4.90 Å². The van der Waals surface area contributed by atoms with Crippen molar-refractivity contribution in [3.05, 3.63) is 64.1 Å². The van der Waals surface area contributed by atoms with Gasteiger partial charge in [-0.2, -0.15) is 0 Å². The maximum absolute atomic E-state index is 11.8. The summed E-state index contributed by atoms with van der Waals surface area (Å²) >= 11 is 12.1. The molecule has 2 aromatic rings. The largest absolute Gasteiger partial charge is 0.480 e. The highest BCUT2D eigenvalue weighted by molar-refractivity contribution is 6.34. The number of nitrogens with zero attached hydrogens (tertiary/aromatic N) is 2. The summed E-state index contributed by atoms with van der Waals surface area (Å²) in [4.78, 5) is 16.1. The molecule has 0 spiro atoms. The molecule has 2 aromatic carbocycles. The molecule has 0 aromatic heterocycles. The summed E-state index contributed by atoms with van der Waals surface area (Å²) in [6.45, 7) is 3.04. The van der Waals surface area contributed by atoms with Gasteiger partial charge in [0.05, 0.1) is 0 Å². The van der Waals surface area contributed by atoms with E-state index in [0.29, 0.717) is 29.6 Å². The van der Waals surface area contributed by atoms with Crippen LogP contribution in [0, 0.1) is 0 Å². The molecule has 3 rings (SSSR count). The lowest BCUT2D eigenvalue weighted by molar-refractivity contribution is -0.143.